The number of hydrogen-bond acceptors (Lipinski definition) is 4. The Balaban J connectivity index is 2.39. The average Bonchev–Trinajstić information content (AvgIpc) is 2.55. The molecule has 2 rings (SSSR count). The zero-order valence-corrected chi connectivity index (χ0v) is 12.2. The summed E-state index contributed by atoms with van der Waals surface area (Å²) in [4.78, 5) is 11.9. The molecule has 2 N–H and O–H groups in total. The van der Waals surface area contributed by atoms with Crippen LogP contribution in [0.2, 0.25) is 0 Å². The van der Waals surface area contributed by atoms with Crippen molar-refractivity contribution < 1.29 is 17.8 Å². The van der Waals surface area contributed by atoms with Crippen LogP contribution in [0.3, 0.4) is 0 Å². The molecule has 1 radical (unpaired) electrons. The van der Waals surface area contributed by atoms with Crippen molar-refractivity contribution in [2.75, 3.05) is 5.75 Å². The molecule has 0 heterocycles. The van der Waals surface area contributed by atoms with Gasteiger partial charge in [-0.3, -0.25) is 4.79 Å². The molecule has 5 atom stereocenters. The van der Waals surface area contributed by atoms with Crippen LogP contribution in [0.1, 0.15) is 26.7 Å². The lowest BCUT2D eigenvalue weighted by Crippen LogP contribution is -2.42. The molecule has 2 fully saturated rings. The van der Waals surface area contributed by atoms with Crippen LogP contribution in [0.5, 0.6) is 0 Å². The van der Waals surface area contributed by atoms with Crippen LogP contribution >= 0.6 is 15.9 Å². The Morgan fingerprint density at radius 1 is 1.59 bits per heavy atom. The smallest absolute Gasteiger partial charge is 0.298 e. The first kappa shape index (κ1) is 13.6. The molecule has 0 aliphatic heterocycles. The number of fused-ring (bicyclic) bond motifs is 2. The number of alkyl halides is 1. The normalized spacial score (nSPS) is 48.4. The third kappa shape index (κ3) is 1.67. The van der Waals surface area contributed by atoms with Gasteiger partial charge in [-0.2, -0.15) is 5.90 Å². The maximum Gasteiger partial charge on any atom is 0.413 e. The van der Waals surface area contributed by atoms with Gasteiger partial charge in [0.25, 0.3) is 0 Å². The fourth-order valence-electron chi connectivity index (χ4n) is 3.49. The van der Waals surface area contributed by atoms with E-state index in [9.17, 15) is 13.6 Å². The molecule has 17 heavy (non-hydrogen) atoms. The summed E-state index contributed by atoms with van der Waals surface area (Å²) in [7, 11) is -3.77. The summed E-state index contributed by atoms with van der Waals surface area (Å²) in [6, 6.07) is 0. The fourth-order valence-corrected chi connectivity index (χ4v) is 6.17. The van der Waals surface area contributed by atoms with Crippen molar-refractivity contribution in [3.05, 3.63) is 0 Å². The highest BCUT2D eigenvalue weighted by Gasteiger charge is 2.71. The van der Waals surface area contributed by atoms with Crippen molar-refractivity contribution in [3.8, 4) is 0 Å². The second-order valence-electron chi connectivity index (χ2n) is 5.46. The van der Waals surface area contributed by atoms with E-state index in [1.54, 1.807) is 0 Å². The first-order valence-corrected chi connectivity index (χ1v) is 7.97. The third-order valence-electron chi connectivity index (χ3n) is 4.81. The summed E-state index contributed by atoms with van der Waals surface area (Å²) in [5, 5.41) is 0. The second kappa shape index (κ2) is 3.84. The predicted octanol–water partition coefficient (Wildman–Crippen LogP) is 1.41. The van der Waals surface area contributed by atoms with Gasteiger partial charge in [0.15, 0.2) is 11.5 Å². The quantitative estimate of drug-likeness (QED) is 0.482. The molecule has 0 saturated heterocycles. The predicted molar refractivity (Wildman–Crippen MR) is 65.5 cm³/mol. The van der Waals surface area contributed by atoms with Gasteiger partial charge in [0.1, 0.15) is 0 Å². The standard InChI is InChI=1S/C10H16BrNO4S/c1-9-4-3-6(7(11)8(9)13)10(9,2)5-17(14,15)16-12/h6-7H,3-5,12H2,1-2H3/q+1/t6-,7+,9+,10+/m1/s1. The molecule has 1 unspecified atom stereocenters. The van der Waals surface area contributed by atoms with Crippen molar-refractivity contribution in [3.63, 3.8) is 0 Å². The van der Waals surface area contributed by atoms with Gasteiger partial charge in [-0.05, 0) is 27.3 Å². The molecule has 0 aromatic carbocycles. The monoisotopic (exact) mass is 325 g/mol. The maximum atomic E-state index is 12.2. The van der Waals surface area contributed by atoms with Gasteiger partial charge in [0.2, 0.25) is 0 Å². The molecule has 2 aliphatic rings. The summed E-state index contributed by atoms with van der Waals surface area (Å²) in [6.07, 6.45) is 1.59. The van der Waals surface area contributed by atoms with Crippen molar-refractivity contribution >= 4 is 32.2 Å². The number of carbonyl (C=O) groups is 1. The van der Waals surface area contributed by atoms with E-state index in [-0.39, 0.29) is 22.3 Å². The minimum atomic E-state index is -3.77. The van der Waals surface area contributed by atoms with Crippen LogP contribution < -0.4 is 5.90 Å². The van der Waals surface area contributed by atoms with Crippen molar-refractivity contribution in [2.45, 2.75) is 31.5 Å². The lowest BCUT2D eigenvalue weighted by molar-refractivity contribution is -0.127. The van der Waals surface area contributed by atoms with Gasteiger partial charge in [-0.15, -0.1) is 0 Å². The molecule has 2 saturated carbocycles. The summed E-state index contributed by atoms with van der Waals surface area (Å²) in [6.45, 7) is 3.70. The first-order valence-electron chi connectivity index (χ1n) is 5.47. The largest absolute Gasteiger partial charge is 0.413 e. The third-order valence-corrected chi connectivity index (χ3v) is 7.11. The van der Waals surface area contributed by atoms with Crippen molar-refractivity contribution in [2.24, 2.45) is 22.6 Å². The Morgan fingerprint density at radius 2 is 2.18 bits per heavy atom. The Morgan fingerprint density at radius 3 is 2.59 bits per heavy atom. The zero-order valence-electron chi connectivity index (χ0n) is 9.77. The highest BCUT2D eigenvalue weighted by Crippen LogP contribution is 2.66. The van der Waals surface area contributed by atoms with E-state index in [0.29, 0.717) is 0 Å². The van der Waals surface area contributed by atoms with E-state index < -0.39 is 21.3 Å². The number of rotatable bonds is 3. The molecule has 0 amide bonds. The van der Waals surface area contributed by atoms with Crippen LogP contribution in [-0.4, -0.2) is 16.4 Å². The zero-order chi connectivity index (χ0) is 13.1. The second-order valence-corrected chi connectivity index (χ2v) is 8.04. The highest BCUT2D eigenvalue weighted by atomic mass is 79.9. The number of halogens is 1. The van der Waals surface area contributed by atoms with Gasteiger partial charge >= 0.3 is 10.5 Å². The highest BCUT2D eigenvalue weighted by molar-refractivity contribution is 9.10. The van der Waals surface area contributed by atoms with Crippen LogP contribution in [0.15, 0.2) is 0 Å². The Labute approximate surface area is 110 Å². The van der Waals surface area contributed by atoms with E-state index in [1.165, 1.54) is 0 Å². The van der Waals surface area contributed by atoms with Gasteiger partial charge in [-0.25, -0.2) is 0 Å². The molecule has 5 nitrogen and oxygen atoms in total. The molecule has 97 valence electrons. The first-order chi connectivity index (χ1) is 7.68. The molecule has 0 aromatic heterocycles. The number of hydrogen-bond donors (Lipinski definition) is 1. The van der Waals surface area contributed by atoms with Gasteiger partial charge in [0.05, 0.1) is 9.38 Å². The van der Waals surface area contributed by atoms with Crippen LogP contribution in [-0.2, 0) is 28.3 Å². The van der Waals surface area contributed by atoms with Crippen molar-refractivity contribution in [1.29, 1.82) is 0 Å². The van der Waals surface area contributed by atoms with Crippen LogP contribution in [0.4, 0.5) is 0 Å². The fraction of sp³-hybridized carbons (Fsp3) is 0.900. The summed E-state index contributed by atoms with van der Waals surface area (Å²) >= 11 is 3.38. The van der Waals surface area contributed by atoms with E-state index >= 15 is 0 Å². The average molecular weight is 326 g/mol. The SMILES string of the molecule is C[C@]12CC[C@H]([C@H](Br)C1=O)[C@]2(C)C[S+]([O])(=O)ON. The number of nitrogens with two attached hydrogens (primary N) is 1. The maximum absolute atomic E-state index is 12.2. The van der Waals surface area contributed by atoms with E-state index in [4.69, 9.17) is 5.90 Å². The van der Waals surface area contributed by atoms with E-state index in [0.717, 1.165) is 12.8 Å². The van der Waals surface area contributed by atoms with Crippen LogP contribution in [0.25, 0.3) is 0 Å². The summed E-state index contributed by atoms with van der Waals surface area (Å²) in [5.41, 5.74) is -1.20. The molecule has 0 aromatic rings. The number of ketones is 1. The Bertz CT molecular complexity index is 417. The topological polar surface area (TPSA) is 89.3 Å². The summed E-state index contributed by atoms with van der Waals surface area (Å²) in [5.74, 6) is 4.71. The molecule has 7 heteroatoms. The van der Waals surface area contributed by atoms with Gasteiger partial charge < -0.3 is 0 Å². The lowest BCUT2D eigenvalue weighted by Gasteiger charge is -2.33. The Hall–Kier alpha value is 0.180. The molecular weight excluding hydrogens is 310 g/mol. The van der Waals surface area contributed by atoms with Gasteiger partial charge in [0, 0.05) is 10.8 Å². The van der Waals surface area contributed by atoms with Gasteiger partial charge in [-0.1, -0.05) is 29.8 Å². The van der Waals surface area contributed by atoms with E-state index in [1.807, 2.05) is 13.8 Å². The molecule has 0 spiro atoms. The molecule has 2 aliphatic carbocycles. The lowest BCUT2D eigenvalue weighted by atomic mass is 9.70. The van der Waals surface area contributed by atoms with E-state index in [2.05, 4.69) is 20.2 Å². The molecule has 2 bridgehead atoms. The number of Topliss-reactive ketones (excluding diaryl/α,β-unsaturated/α-hetero) is 1. The number of carbonyl (C=O) groups excluding carboxylic acids is 1. The minimum Gasteiger partial charge on any atom is -0.298 e. The summed E-state index contributed by atoms with van der Waals surface area (Å²) < 4.78 is 27.2. The Kier molecular flexibility index (Phi) is 3.07. The molecular formula is C10H16BrNO4S+. The minimum absolute atomic E-state index is 0.0323. The van der Waals surface area contributed by atoms with Crippen LogP contribution in [0, 0.1) is 16.7 Å². The van der Waals surface area contributed by atoms with Crippen molar-refractivity contribution in [1.82, 2.24) is 0 Å².